The lowest BCUT2D eigenvalue weighted by atomic mass is 9.94. The topological polar surface area (TPSA) is 142 Å². The van der Waals surface area contributed by atoms with Gasteiger partial charge in [-0.3, -0.25) is 9.59 Å². The monoisotopic (exact) mass is 549 g/mol. The summed E-state index contributed by atoms with van der Waals surface area (Å²) in [5.74, 6) is 1.28. The molecule has 2 aliphatic rings. The number of rotatable bonds is 9. The number of hydrogen-bond acceptors (Lipinski definition) is 10. The Morgan fingerprint density at radius 2 is 1.90 bits per heavy atom. The Morgan fingerprint density at radius 3 is 2.67 bits per heavy atom. The number of carbonyl (C=O) groups excluding carboxylic acids is 2. The van der Waals surface area contributed by atoms with E-state index in [1.54, 1.807) is 42.2 Å². The largest absolute Gasteiger partial charge is 0.493 e. The summed E-state index contributed by atoms with van der Waals surface area (Å²) in [5, 5.41) is 18.1. The van der Waals surface area contributed by atoms with E-state index in [-0.39, 0.29) is 18.4 Å². The highest BCUT2D eigenvalue weighted by Gasteiger charge is 2.35. The molecule has 5 rings (SSSR count). The molecular weight excluding hydrogens is 518 g/mol. The highest BCUT2D eigenvalue weighted by Crippen LogP contribution is 2.39. The standard InChI is InChI=1S/C27H31N7O6/c1-4-39-20-8-6-5-7-19(20)29-26(36)24-17(2)28-27-30-31-32-34(27)25(24)18-9-10-21(22(15-18)37-3)40-16-23(35)33-11-13-38-14-12-33/h5-10,15,25H,4,11-14,16H2,1-3H3,(H,29,36)(H,28,30,32). The van der Waals surface area contributed by atoms with Gasteiger partial charge in [-0.15, -0.1) is 0 Å². The zero-order chi connectivity index (χ0) is 28.1. The van der Waals surface area contributed by atoms with Crippen LogP contribution < -0.4 is 24.8 Å². The Labute approximate surface area is 231 Å². The number of para-hydroxylation sites is 2. The van der Waals surface area contributed by atoms with Gasteiger partial charge in [-0.05, 0) is 54.1 Å². The fraction of sp³-hybridized carbons (Fsp3) is 0.370. The second kappa shape index (κ2) is 12.0. The lowest BCUT2D eigenvalue weighted by Crippen LogP contribution is -2.43. The molecule has 13 heteroatoms. The number of fused-ring (bicyclic) bond motifs is 1. The Kier molecular flexibility index (Phi) is 8.10. The van der Waals surface area contributed by atoms with Gasteiger partial charge >= 0.3 is 0 Å². The highest BCUT2D eigenvalue weighted by atomic mass is 16.5. The van der Waals surface area contributed by atoms with Gasteiger partial charge in [0, 0.05) is 18.8 Å². The van der Waals surface area contributed by atoms with Crippen LogP contribution in [-0.2, 0) is 14.3 Å². The predicted octanol–water partition coefficient (Wildman–Crippen LogP) is 2.25. The van der Waals surface area contributed by atoms with E-state index < -0.39 is 6.04 Å². The summed E-state index contributed by atoms with van der Waals surface area (Å²) in [6.45, 7) is 6.09. The van der Waals surface area contributed by atoms with E-state index in [1.165, 1.54) is 11.8 Å². The van der Waals surface area contributed by atoms with Crippen molar-refractivity contribution in [2.75, 3.05) is 57.3 Å². The SMILES string of the molecule is CCOc1ccccc1NC(=O)C1=C(C)Nc2nnnn2C1c1ccc(OCC(=O)N2CCOCC2)c(OC)c1. The molecule has 40 heavy (non-hydrogen) atoms. The fourth-order valence-corrected chi connectivity index (χ4v) is 4.67. The Bertz CT molecular complexity index is 1420. The highest BCUT2D eigenvalue weighted by molar-refractivity contribution is 6.06. The van der Waals surface area contributed by atoms with Crippen LogP contribution in [0.1, 0.15) is 25.5 Å². The van der Waals surface area contributed by atoms with E-state index in [2.05, 4.69) is 26.2 Å². The van der Waals surface area contributed by atoms with Crippen LogP contribution in [0.4, 0.5) is 11.6 Å². The van der Waals surface area contributed by atoms with Crippen molar-refractivity contribution in [1.29, 1.82) is 0 Å². The van der Waals surface area contributed by atoms with Crippen LogP contribution in [0.2, 0.25) is 0 Å². The van der Waals surface area contributed by atoms with Gasteiger partial charge in [-0.25, -0.2) is 0 Å². The quantitative estimate of drug-likeness (QED) is 0.408. The molecule has 2 amide bonds. The van der Waals surface area contributed by atoms with E-state index in [0.29, 0.717) is 78.6 Å². The summed E-state index contributed by atoms with van der Waals surface area (Å²) < 4.78 is 24.0. The van der Waals surface area contributed by atoms with Crippen molar-refractivity contribution in [3.05, 3.63) is 59.3 Å². The maximum absolute atomic E-state index is 13.7. The van der Waals surface area contributed by atoms with Crippen molar-refractivity contribution in [3.63, 3.8) is 0 Å². The van der Waals surface area contributed by atoms with E-state index >= 15 is 0 Å². The number of ether oxygens (including phenoxy) is 4. The fourth-order valence-electron chi connectivity index (χ4n) is 4.67. The first kappa shape index (κ1) is 26.9. The van der Waals surface area contributed by atoms with Gasteiger partial charge in [0.2, 0.25) is 5.95 Å². The van der Waals surface area contributed by atoms with Gasteiger partial charge in [0.15, 0.2) is 18.1 Å². The van der Waals surface area contributed by atoms with Crippen LogP contribution in [0.25, 0.3) is 0 Å². The van der Waals surface area contributed by atoms with Crippen molar-refractivity contribution >= 4 is 23.5 Å². The molecule has 1 saturated heterocycles. The van der Waals surface area contributed by atoms with Crippen LogP contribution >= 0.6 is 0 Å². The Morgan fingerprint density at radius 1 is 1.10 bits per heavy atom. The average Bonchev–Trinajstić information content (AvgIpc) is 3.44. The zero-order valence-corrected chi connectivity index (χ0v) is 22.5. The smallest absolute Gasteiger partial charge is 0.260 e. The predicted molar refractivity (Wildman–Crippen MR) is 144 cm³/mol. The molecule has 1 fully saturated rings. The summed E-state index contributed by atoms with van der Waals surface area (Å²) in [7, 11) is 1.51. The third kappa shape index (κ3) is 5.54. The minimum Gasteiger partial charge on any atom is -0.493 e. The van der Waals surface area contributed by atoms with Crippen LogP contribution in [0.15, 0.2) is 53.7 Å². The van der Waals surface area contributed by atoms with Crippen molar-refractivity contribution < 1.29 is 28.5 Å². The van der Waals surface area contributed by atoms with E-state index in [1.807, 2.05) is 19.1 Å². The Hall–Kier alpha value is -4.65. The minimum absolute atomic E-state index is 0.129. The third-order valence-electron chi connectivity index (χ3n) is 6.61. The molecule has 13 nitrogen and oxygen atoms in total. The van der Waals surface area contributed by atoms with Crippen LogP contribution in [0.5, 0.6) is 17.2 Å². The number of methoxy groups -OCH3 is 1. The van der Waals surface area contributed by atoms with Gasteiger partial charge in [0.05, 0.1) is 38.2 Å². The van der Waals surface area contributed by atoms with Crippen molar-refractivity contribution in [2.24, 2.45) is 0 Å². The van der Waals surface area contributed by atoms with E-state index in [0.717, 1.165) is 0 Å². The average molecular weight is 550 g/mol. The van der Waals surface area contributed by atoms with Crippen molar-refractivity contribution in [2.45, 2.75) is 19.9 Å². The summed E-state index contributed by atoms with van der Waals surface area (Å²) in [5.41, 5.74) is 2.22. The molecule has 3 heterocycles. The number of nitrogens with one attached hydrogen (secondary N) is 2. The first-order valence-corrected chi connectivity index (χ1v) is 12.9. The molecule has 2 aliphatic heterocycles. The van der Waals surface area contributed by atoms with Gasteiger partial charge in [0.1, 0.15) is 11.8 Å². The maximum Gasteiger partial charge on any atom is 0.260 e. The first-order valence-electron chi connectivity index (χ1n) is 12.9. The number of aromatic nitrogens is 4. The number of anilines is 2. The number of hydrogen-bond donors (Lipinski definition) is 2. The molecule has 0 aliphatic carbocycles. The molecule has 0 bridgehead atoms. The normalized spacial score (nSPS) is 16.6. The summed E-state index contributed by atoms with van der Waals surface area (Å²) in [6, 6.07) is 11.8. The first-order chi connectivity index (χ1) is 19.5. The second-order valence-electron chi connectivity index (χ2n) is 9.09. The molecule has 2 N–H and O–H groups in total. The lowest BCUT2D eigenvalue weighted by molar-refractivity contribution is -0.137. The number of benzene rings is 2. The lowest BCUT2D eigenvalue weighted by Gasteiger charge is -2.28. The number of carbonyl (C=O) groups is 2. The molecule has 210 valence electrons. The number of nitrogens with zero attached hydrogens (tertiary/aromatic N) is 5. The van der Waals surface area contributed by atoms with Crippen LogP contribution in [0.3, 0.4) is 0 Å². The molecule has 0 saturated carbocycles. The van der Waals surface area contributed by atoms with Crippen molar-refractivity contribution in [3.8, 4) is 17.2 Å². The molecule has 0 radical (unpaired) electrons. The number of amides is 2. The third-order valence-corrected chi connectivity index (χ3v) is 6.61. The summed E-state index contributed by atoms with van der Waals surface area (Å²) in [6.07, 6.45) is 0. The van der Waals surface area contributed by atoms with Crippen molar-refractivity contribution in [1.82, 2.24) is 25.1 Å². The van der Waals surface area contributed by atoms with Gasteiger partial charge < -0.3 is 34.5 Å². The molecular formula is C27H31N7O6. The van der Waals surface area contributed by atoms with E-state index in [9.17, 15) is 9.59 Å². The number of tetrazole rings is 1. The van der Waals surface area contributed by atoms with Gasteiger partial charge in [-0.2, -0.15) is 4.68 Å². The van der Waals surface area contributed by atoms with Crippen LogP contribution in [-0.4, -0.2) is 83.5 Å². The maximum atomic E-state index is 13.7. The molecule has 2 aromatic carbocycles. The van der Waals surface area contributed by atoms with Gasteiger partial charge in [-0.1, -0.05) is 23.3 Å². The zero-order valence-electron chi connectivity index (χ0n) is 22.5. The number of morpholine rings is 1. The summed E-state index contributed by atoms with van der Waals surface area (Å²) in [4.78, 5) is 28.0. The minimum atomic E-state index is -0.677. The molecule has 1 unspecified atom stereocenters. The molecule has 3 aromatic rings. The second-order valence-corrected chi connectivity index (χ2v) is 9.09. The summed E-state index contributed by atoms with van der Waals surface area (Å²) >= 11 is 0. The molecule has 1 atom stereocenters. The number of allylic oxidation sites excluding steroid dienone is 1. The molecule has 1 aromatic heterocycles. The Balaban J connectivity index is 1.42. The van der Waals surface area contributed by atoms with Gasteiger partial charge in [0.25, 0.3) is 11.8 Å². The van der Waals surface area contributed by atoms with Crippen LogP contribution in [0, 0.1) is 0 Å². The molecule has 0 spiro atoms. The van der Waals surface area contributed by atoms with E-state index in [4.69, 9.17) is 18.9 Å².